The van der Waals surface area contributed by atoms with E-state index < -0.39 is 10.0 Å². The van der Waals surface area contributed by atoms with Gasteiger partial charge in [0, 0.05) is 18.7 Å². The lowest BCUT2D eigenvalue weighted by Gasteiger charge is -2.29. The average molecular weight is 372 g/mol. The number of hydrogen-bond acceptors (Lipinski definition) is 3. The van der Waals surface area contributed by atoms with Crippen LogP contribution in [0.2, 0.25) is 0 Å². The van der Waals surface area contributed by atoms with Gasteiger partial charge in [-0.2, -0.15) is 0 Å². The van der Waals surface area contributed by atoms with Crippen LogP contribution in [0.25, 0.3) is 0 Å². The number of hydrogen-bond donors (Lipinski definition) is 1. The fourth-order valence-corrected chi connectivity index (χ4v) is 4.29. The smallest absolute Gasteiger partial charge is 0.251 e. The van der Waals surface area contributed by atoms with E-state index in [4.69, 9.17) is 0 Å². The topological polar surface area (TPSA) is 66.5 Å². The van der Waals surface area contributed by atoms with Crippen LogP contribution in [0, 0.1) is 0 Å². The Morgan fingerprint density at radius 3 is 2.65 bits per heavy atom. The van der Waals surface area contributed by atoms with Gasteiger partial charge in [0.2, 0.25) is 10.0 Å². The van der Waals surface area contributed by atoms with Crippen LogP contribution in [-0.2, 0) is 22.9 Å². The maximum absolute atomic E-state index is 12.4. The molecule has 0 fully saturated rings. The summed E-state index contributed by atoms with van der Waals surface area (Å²) in [7, 11) is -3.28. The molecule has 1 aliphatic rings. The highest BCUT2D eigenvalue weighted by molar-refractivity contribution is 7.92. The molecule has 1 heterocycles. The average Bonchev–Trinajstić information content (AvgIpc) is 2.64. The number of aryl methyl sites for hydroxylation is 2. The summed E-state index contributed by atoms with van der Waals surface area (Å²) in [6.45, 7) is 1.11. The fourth-order valence-electron chi connectivity index (χ4n) is 3.29. The zero-order chi connectivity index (χ0) is 18.6. The molecule has 1 N–H and O–H groups in total. The maximum atomic E-state index is 12.4. The third-order valence-corrected chi connectivity index (χ3v) is 5.77. The third kappa shape index (κ3) is 4.43. The van der Waals surface area contributed by atoms with Gasteiger partial charge in [0.1, 0.15) is 0 Å². The molecule has 6 heteroatoms. The molecule has 0 spiro atoms. The minimum Gasteiger partial charge on any atom is -0.352 e. The first-order chi connectivity index (χ1) is 12.4. The van der Waals surface area contributed by atoms with Gasteiger partial charge >= 0.3 is 0 Å². The lowest BCUT2D eigenvalue weighted by Crippen LogP contribution is -2.34. The van der Waals surface area contributed by atoms with Crippen molar-refractivity contribution >= 4 is 21.6 Å². The minimum atomic E-state index is -3.28. The quantitative estimate of drug-likeness (QED) is 0.793. The van der Waals surface area contributed by atoms with E-state index in [-0.39, 0.29) is 5.91 Å². The summed E-state index contributed by atoms with van der Waals surface area (Å²) in [5, 5.41) is 2.95. The lowest BCUT2D eigenvalue weighted by molar-refractivity contribution is 0.0953. The van der Waals surface area contributed by atoms with Crippen molar-refractivity contribution in [2.75, 3.05) is 23.7 Å². The molecule has 1 aliphatic heterocycles. The van der Waals surface area contributed by atoms with Crippen LogP contribution in [0.1, 0.15) is 34.3 Å². The molecule has 26 heavy (non-hydrogen) atoms. The number of nitrogens with one attached hydrogen (secondary N) is 1. The first-order valence-electron chi connectivity index (χ1n) is 8.88. The van der Waals surface area contributed by atoms with Gasteiger partial charge in [-0.15, -0.1) is 0 Å². The predicted molar refractivity (Wildman–Crippen MR) is 104 cm³/mol. The Morgan fingerprint density at radius 1 is 1.15 bits per heavy atom. The third-order valence-electron chi connectivity index (χ3n) is 4.59. The van der Waals surface area contributed by atoms with E-state index >= 15 is 0 Å². The van der Waals surface area contributed by atoms with E-state index in [1.165, 1.54) is 16.1 Å². The SMILES string of the molecule is CS(=O)(=O)N1CCCc2cc(C(=O)NCCCc3ccccc3)ccc21. The normalized spacial score (nSPS) is 14.0. The van der Waals surface area contributed by atoms with Gasteiger partial charge in [0.05, 0.1) is 11.9 Å². The Labute approximate surface area is 155 Å². The maximum Gasteiger partial charge on any atom is 0.251 e. The standard InChI is InChI=1S/C20H24N2O3S/c1-26(24,25)22-14-6-10-17-15-18(11-12-19(17)22)20(23)21-13-5-9-16-7-3-2-4-8-16/h2-4,7-8,11-12,15H,5-6,9-10,13-14H2,1H3,(H,21,23). The molecule has 0 unspecified atom stereocenters. The highest BCUT2D eigenvalue weighted by Gasteiger charge is 2.24. The first kappa shape index (κ1) is 18.5. The molecule has 5 nitrogen and oxygen atoms in total. The fraction of sp³-hybridized carbons (Fsp3) is 0.350. The zero-order valence-corrected chi connectivity index (χ0v) is 15.8. The number of amides is 1. The van der Waals surface area contributed by atoms with Crippen molar-refractivity contribution in [1.82, 2.24) is 5.32 Å². The van der Waals surface area contributed by atoms with E-state index in [1.807, 2.05) is 24.3 Å². The van der Waals surface area contributed by atoms with Crippen molar-refractivity contribution in [3.63, 3.8) is 0 Å². The molecule has 0 bridgehead atoms. The molecule has 2 aromatic carbocycles. The van der Waals surface area contributed by atoms with Gasteiger partial charge in [-0.25, -0.2) is 8.42 Å². The van der Waals surface area contributed by atoms with Crippen molar-refractivity contribution < 1.29 is 13.2 Å². The Hall–Kier alpha value is -2.34. The second kappa shape index (κ2) is 7.91. The number of rotatable bonds is 6. The van der Waals surface area contributed by atoms with Crippen molar-refractivity contribution in [1.29, 1.82) is 0 Å². The summed E-state index contributed by atoms with van der Waals surface area (Å²) < 4.78 is 25.2. The summed E-state index contributed by atoms with van der Waals surface area (Å²) >= 11 is 0. The molecular formula is C20H24N2O3S. The largest absolute Gasteiger partial charge is 0.352 e. The second-order valence-electron chi connectivity index (χ2n) is 6.63. The highest BCUT2D eigenvalue weighted by atomic mass is 32.2. The van der Waals surface area contributed by atoms with Gasteiger partial charge in [0.25, 0.3) is 5.91 Å². The summed E-state index contributed by atoms with van der Waals surface area (Å²) in [5.74, 6) is -0.114. The molecule has 0 saturated carbocycles. The molecule has 0 aromatic heterocycles. The van der Waals surface area contributed by atoms with E-state index in [0.29, 0.717) is 24.3 Å². The van der Waals surface area contributed by atoms with Crippen molar-refractivity contribution in [2.24, 2.45) is 0 Å². The summed E-state index contributed by atoms with van der Waals surface area (Å²) in [6.07, 6.45) is 4.57. The number of carbonyl (C=O) groups excluding carboxylic acids is 1. The molecule has 0 atom stereocenters. The Balaban J connectivity index is 1.60. The Kier molecular flexibility index (Phi) is 5.61. The lowest BCUT2D eigenvalue weighted by atomic mass is 10.0. The van der Waals surface area contributed by atoms with Crippen LogP contribution in [-0.4, -0.2) is 33.7 Å². The molecule has 0 saturated heterocycles. The number of nitrogens with zero attached hydrogens (tertiary/aromatic N) is 1. The predicted octanol–water partition coefficient (Wildman–Crippen LogP) is 2.76. The molecular weight excluding hydrogens is 348 g/mol. The number of carbonyl (C=O) groups is 1. The number of anilines is 1. The number of sulfonamides is 1. The van der Waals surface area contributed by atoms with Crippen LogP contribution >= 0.6 is 0 Å². The van der Waals surface area contributed by atoms with Gasteiger partial charge in [-0.3, -0.25) is 9.10 Å². The summed E-state index contributed by atoms with van der Waals surface area (Å²) in [5.41, 5.74) is 3.45. The second-order valence-corrected chi connectivity index (χ2v) is 8.53. The van der Waals surface area contributed by atoms with Crippen molar-refractivity contribution in [2.45, 2.75) is 25.7 Å². The molecule has 138 valence electrons. The van der Waals surface area contributed by atoms with Crippen LogP contribution in [0.5, 0.6) is 0 Å². The van der Waals surface area contributed by atoms with Gasteiger partial charge in [-0.1, -0.05) is 30.3 Å². The first-order valence-corrected chi connectivity index (χ1v) is 10.7. The van der Waals surface area contributed by atoms with E-state index in [0.717, 1.165) is 31.2 Å². The van der Waals surface area contributed by atoms with Gasteiger partial charge < -0.3 is 5.32 Å². The van der Waals surface area contributed by atoms with E-state index in [2.05, 4.69) is 17.4 Å². The molecule has 0 radical (unpaired) electrons. The molecule has 1 amide bonds. The van der Waals surface area contributed by atoms with Crippen LogP contribution in [0.4, 0.5) is 5.69 Å². The van der Waals surface area contributed by atoms with Crippen molar-refractivity contribution in [3.05, 3.63) is 65.2 Å². The number of fused-ring (bicyclic) bond motifs is 1. The van der Waals surface area contributed by atoms with Gasteiger partial charge in [-0.05, 0) is 55.0 Å². The van der Waals surface area contributed by atoms with Crippen molar-refractivity contribution in [3.8, 4) is 0 Å². The summed E-state index contributed by atoms with van der Waals surface area (Å²) in [4.78, 5) is 12.4. The van der Waals surface area contributed by atoms with Crippen LogP contribution in [0.3, 0.4) is 0 Å². The van der Waals surface area contributed by atoms with Gasteiger partial charge in [0.15, 0.2) is 0 Å². The highest BCUT2D eigenvalue weighted by Crippen LogP contribution is 2.29. The van der Waals surface area contributed by atoms with E-state index in [1.54, 1.807) is 12.1 Å². The monoisotopic (exact) mass is 372 g/mol. The Morgan fingerprint density at radius 2 is 1.92 bits per heavy atom. The molecule has 0 aliphatic carbocycles. The van der Waals surface area contributed by atoms with Crippen LogP contribution in [0.15, 0.2) is 48.5 Å². The molecule has 2 aromatic rings. The summed E-state index contributed by atoms with van der Waals surface area (Å²) in [6, 6.07) is 15.5. The number of benzene rings is 2. The van der Waals surface area contributed by atoms with E-state index in [9.17, 15) is 13.2 Å². The zero-order valence-electron chi connectivity index (χ0n) is 14.9. The minimum absolute atomic E-state index is 0.114. The Bertz CT molecular complexity index is 879. The molecule has 3 rings (SSSR count). The van der Waals surface area contributed by atoms with Crippen LogP contribution < -0.4 is 9.62 Å².